The number of likely N-dealkylation sites (N-methyl/N-ethyl adjacent to an activating group) is 1. The van der Waals surface area contributed by atoms with E-state index in [2.05, 4.69) is 10.3 Å². The number of methoxy groups -OCH3 is 1. The highest BCUT2D eigenvalue weighted by Crippen LogP contribution is 2.32. The molecule has 0 bridgehead atoms. The van der Waals surface area contributed by atoms with Gasteiger partial charge in [-0.25, -0.2) is 9.78 Å². The van der Waals surface area contributed by atoms with Crippen LogP contribution in [0.5, 0.6) is 0 Å². The number of rotatable bonds is 7. The first-order valence-electron chi connectivity index (χ1n) is 8.86. The predicted molar refractivity (Wildman–Crippen MR) is 107 cm³/mol. The summed E-state index contributed by atoms with van der Waals surface area (Å²) in [6.07, 6.45) is 0. The average Bonchev–Trinajstić information content (AvgIpc) is 3.04. The lowest BCUT2D eigenvalue weighted by atomic mass is 10.1. The van der Waals surface area contributed by atoms with Crippen molar-refractivity contribution in [1.82, 2.24) is 20.2 Å². The monoisotopic (exact) mass is 392 g/mol. The molecule has 2 heterocycles. The van der Waals surface area contributed by atoms with Gasteiger partial charge in [0.15, 0.2) is 0 Å². The Morgan fingerprint density at radius 2 is 1.96 bits per heavy atom. The van der Waals surface area contributed by atoms with E-state index in [1.165, 1.54) is 7.11 Å². The molecule has 2 rings (SSSR count). The number of H-pyrrole nitrogens is 1. The fourth-order valence-electron chi connectivity index (χ4n) is 3.05. The minimum Gasteiger partial charge on any atom is -0.465 e. The molecule has 0 aliphatic rings. The van der Waals surface area contributed by atoms with E-state index in [0.29, 0.717) is 18.7 Å². The van der Waals surface area contributed by atoms with Gasteiger partial charge in [-0.2, -0.15) is 0 Å². The molecule has 1 amide bonds. The Morgan fingerprint density at radius 3 is 2.56 bits per heavy atom. The van der Waals surface area contributed by atoms with Crippen LogP contribution in [0.3, 0.4) is 0 Å². The molecule has 2 N–H and O–H groups in total. The van der Waals surface area contributed by atoms with Gasteiger partial charge in [-0.3, -0.25) is 9.69 Å². The molecule has 0 saturated heterocycles. The number of carbonyl (C=O) groups excluding carboxylic acids is 2. The summed E-state index contributed by atoms with van der Waals surface area (Å²) in [5.74, 6) is -0.351. The number of hydrogen-bond donors (Lipinski definition) is 2. The Kier molecular flexibility index (Phi) is 6.78. The lowest BCUT2D eigenvalue weighted by Gasteiger charge is -2.16. The zero-order valence-electron chi connectivity index (χ0n) is 17.0. The Bertz CT molecular complexity index is 838. The smallest absolute Gasteiger partial charge is 0.339 e. The molecule has 0 aliphatic heterocycles. The average molecular weight is 393 g/mol. The Balaban J connectivity index is 2.20. The summed E-state index contributed by atoms with van der Waals surface area (Å²) in [6.45, 7) is 10.5. The Hall–Kier alpha value is -2.19. The van der Waals surface area contributed by atoms with E-state index in [0.717, 1.165) is 32.5 Å². The molecular formula is C19H28N4O3S. The molecule has 148 valence electrons. The third-order valence-corrected chi connectivity index (χ3v) is 5.13. The lowest BCUT2D eigenvalue weighted by Crippen LogP contribution is -2.38. The summed E-state index contributed by atoms with van der Waals surface area (Å²) < 4.78 is 4.88. The van der Waals surface area contributed by atoms with Gasteiger partial charge in [-0.05, 0) is 47.2 Å². The number of carbonyl (C=O) groups is 2. The molecule has 8 heteroatoms. The second-order valence-corrected chi connectivity index (χ2v) is 8.31. The van der Waals surface area contributed by atoms with Gasteiger partial charge in [0, 0.05) is 16.6 Å². The van der Waals surface area contributed by atoms with E-state index in [-0.39, 0.29) is 17.9 Å². The third-order valence-electron chi connectivity index (χ3n) is 4.17. The zero-order chi connectivity index (χ0) is 20.3. The maximum Gasteiger partial charge on any atom is 0.339 e. The van der Waals surface area contributed by atoms with Crippen molar-refractivity contribution in [1.29, 1.82) is 0 Å². The Morgan fingerprint density at radius 1 is 1.30 bits per heavy atom. The van der Waals surface area contributed by atoms with E-state index in [1.807, 2.05) is 46.6 Å². The molecular weight excluding hydrogens is 364 g/mol. The van der Waals surface area contributed by atoms with E-state index in [4.69, 9.17) is 9.72 Å². The van der Waals surface area contributed by atoms with Crippen LogP contribution in [-0.2, 0) is 16.1 Å². The molecule has 0 atom stereocenters. The van der Waals surface area contributed by atoms with Crippen molar-refractivity contribution in [2.45, 2.75) is 47.2 Å². The molecule has 0 spiro atoms. The number of esters is 1. The van der Waals surface area contributed by atoms with Gasteiger partial charge in [-0.15, -0.1) is 11.3 Å². The molecule has 0 saturated carbocycles. The van der Waals surface area contributed by atoms with Crippen LogP contribution in [-0.4, -0.2) is 53.5 Å². The van der Waals surface area contributed by atoms with Crippen molar-refractivity contribution < 1.29 is 14.3 Å². The number of nitrogens with zero attached hydrogens (tertiary/aromatic N) is 2. The summed E-state index contributed by atoms with van der Waals surface area (Å²) in [5.41, 5.74) is 3.84. The number of thiazole rings is 1. The van der Waals surface area contributed by atoms with Crippen LogP contribution in [0.2, 0.25) is 0 Å². The number of ether oxygens (including phenoxy) is 1. The fraction of sp³-hybridized carbons (Fsp3) is 0.526. The maximum atomic E-state index is 12.0. The standard InChI is InChI=1S/C19H28N4O3S/c1-10(2)20-14(24)8-23(6)9-15-22-18(13(5)27-15)17-11(3)16(12(4)21-17)19(25)26-7/h10,21H,8-9H2,1-7H3,(H,20,24). The fourth-order valence-corrected chi connectivity index (χ4v) is 4.07. The van der Waals surface area contributed by atoms with Crippen LogP contribution in [0.1, 0.15) is 45.3 Å². The van der Waals surface area contributed by atoms with Gasteiger partial charge in [0.25, 0.3) is 0 Å². The molecule has 7 nitrogen and oxygen atoms in total. The minimum absolute atomic E-state index is 0.000409. The topological polar surface area (TPSA) is 87.3 Å². The van der Waals surface area contributed by atoms with Crippen LogP contribution in [0.4, 0.5) is 0 Å². The van der Waals surface area contributed by atoms with Crippen molar-refractivity contribution in [2.75, 3.05) is 20.7 Å². The van der Waals surface area contributed by atoms with E-state index in [1.54, 1.807) is 11.3 Å². The second-order valence-electron chi connectivity index (χ2n) is 7.02. The first-order chi connectivity index (χ1) is 12.6. The SMILES string of the molecule is COC(=O)c1c(C)[nH]c(-c2nc(CN(C)CC(=O)NC(C)C)sc2C)c1C. The molecule has 0 radical (unpaired) electrons. The van der Waals surface area contributed by atoms with Crippen molar-refractivity contribution in [3.05, 3.63) is 26.7 Å². The summed E-state index contributed by atoms with van der Waals surface area (Å²) >= 11 is 1.60. The molecule has 27 heavy (non-hydrogen) atoms. The third kappa shape index (κ3) is 4.95. The molecule has 2 aromatic rings. The first-order valence-corrected chi connectivity index (χ1v) is 9.67. The van der Waals surface area contributed by atoms with Crippen molar-refractivity contribution in [3.8, 4) is 11.4 Å². The number of aromatic amines is 1. The van der Waals surface area contributed by atoms with Gasteiger partial charge in [0.1, 0.15) is 10.7 Å². The van der Waals surface area contributed by atoms with Gasteiger partial charge in [-0.1, -0.05) is 0 Å². The molecule has 0 unspecified atom stereocenters. The second kappa shape index (κ2) is 8.67. The molecule has 0 fully saturated rings. The lowest BCUT2D eigenvalue weighted by molar-refractivity contribution is -0.122. The summed E-state index contributed by atoms with van der Waals surface area (Å²) in [7, 11) is 3.28. The van der Waals surface area contributed by atoms with Crippen molar-refractivity contribution in [2.24, 2.45) is 0 Å². The van der Waals surface area contributed by atoms with Crippen LogP contribution in [0.15, 0.2) is 0 Å². The number of hydrogen-bond acceptors (Lipinski definition) is 6. The maximum absolute atomic E-state index is 12.0. The molecule has 0 aromatic carbocycles. The molecule has 0 aliphatic carbocycles. The Labute approximate surface area is 164 Å². The molecule has 2 aromatic heterocycles. The van der Waals surface area contributed by atoms with Crippen molar-refractivity contribution >= 4 is 23.2 Å². The highest BCUT2D eigenvalue weighted by molar-refractivity contribution is 7.12. The number of amides is 1. The normalized spacial score (nSPS) is 11.3. The first kappa shape index (κ1) is 21.1. The minimum atomic E-state index is -0.350. The predicted octanol–water partition coefficient (Wildman–Crippen LogP) is 2.81. The summed E-state index contributed by atoms with van der Waals surface area (Å²) in [4.78, 5) is 34.9. The van der Waals surface area contributed by atoms with Crippen molar-refractivity contribution in [3.63, 3.8) is 0 Å². The van der Waals surface area contributed by atoms with Gasteiger partial charge in [0.2, 0.25) is 5.91 Å². The number of nitrogens with one attached hydrogen (secondary N) is 2. The quantitative estimate of drug-likeness (QED) is 0.708. The number of aromatic nitrogens is 2. The van der Waals surface area contributed by atoms with Crippen LogP contribution >= 0.6 is 11.3 Å². The van der Waals surface area contributed by atoms with Crippen LogP contribution < -0.4 is 5.32 Å². The van der Waals surface area contributed by atoms with E-state index >= 15 is 0 Å². The van der Waals surface area contributed by atoms with E-state index in [9.17, 15) is 9.59 Å². The van der Waals surface area contributed by atoms with E-state index < -0.39 is 0 Å². The highest BCUT2D eigenvalue weighted by Gasteiger charge is 2.22. The summed E-state index contributed by atoms with van der Waals surface area (Å²) in [6, 6.07) is 0.128. The van der Waals surface area contributed by atoms with Gasteiger partial charge >= 0.3 is 5.97 Å². The van der Waals surface area contributed by atoms with Crippen LogP contribution in [0.25, 0.3) is 11.4 Å². The largest absolute Gasteiger partial charge is 0.465 e. The zero-order valence-corrected chi connectivity index (χ0v) is 17.8. The highest BCUT2D eigenvalue weighted by atomic mass is 32.1. The number of aryl methyl sites for hydroxylation is 2. The van der Waals surface area contributed by atoms with Crippen LogP contribution in [0, 0.1) is 20.8 Å². The van der Waals surface area contributed by atoms with Gasteiger partial charge in [0.05, 0.1) is 31.5 Å². The van der Waals surface area contributed by atoms with Gasteiger partial charge < -0.3 is 15.0 Å². The summed E-state index contributed by atoms with van der Waals surface area (Å²) in [5, 5.41) is 3.81.